The Morgan fingerprint density at radius 1 is 1.09 bits per heavy atom. The average Bonchev–Trinajstić information content (AvgIpc) is 3.21. The molecule has 0 bridgehead atoms. The van der Waals surface area contributed by atoms with Crippen LogP contribution in [0.15, 0.2) is 63.9 Å². The Labute approximate surface area is 192 Å². The Morgan fingerprint density at radius 3 is 2.52 bits per heavy atom. The van der Waals surface area contributed by atoms with Crippen molar-refractivity contribution in [1.29, 1.82) is 0 Å². The van der Waals surface area contributed by atoms with Crippen molar-refractivity contribution < 1.29 is 17.6 Å². The van der Waals surface area contributed by atoms with E-state index >= 15 is 0 Å². The second-order valence-electron chi connectivity index (χ2n) is 6.99. The quantitative estimate of drug-likeness (QED) is 0.396. The molecule has 9 nitrogen and oxygen atoms in total. The zero-order chi connectivity index (χ0) is 23.8. The van der Waals surface area contributed by atoms with Gasteiger partial charge < -0.3 is 10.6 Å². The van der Waals surface area contributed by atoms with Gasteiger partial charge in [0.15, 0.2) is 0 Å². The third-order valence-electron chi connectivity index (χ3n) is 4.72. The summed E-state index contributed by atoms with van der Waals surface area (Å²) >= 11 is 1.02. The molecule has 12 heteroatoms. The predicted molar refractivity (Wildman–Crippen MR) is 125 cm³/mol. The molecule has 0 aliphatic carbocycles. The van der Waals surface area contributed by atoms with E-state index in [-0.39, 0.29) is 15.6 Å². The number of anilines is 2. The van der Waals surface area contributed by atoms with Crippen LogP contribution in [0.4, 0.5) is 20.6 Å². The summed E-state index contributed by atoms with van der Waals surface area (Å²) < 4.78 is 42.2. The molecular weight excluding hydrogens is 469 g/mol. The first-order valence-corrected chi connectivity index (χ1v) is 11.9. The van der Waals surface area contributed by atoms with Crippen LogP contribution in [0.2, 0.25) is 0 Å². The molecule has 0 spiro atoms. The molecule has 0 aliphatic rings. The van der Waals surface area contributed by atoms with Crippen molar-refractivity contribution in [1.82, 2.24) is 14.3 Å². The maximum Gasteiger partial charge on any atom is 0.333 e. The number of nitrogens with zero attached hydrogens (tertiary/aromatic N) is 2. The zero-order valence-corrected chi connectivity index (χ0v) is 19.1. The Balaban J connectivity index is 1.57. The van der Waals surface area contributed by atoms with Crippen LogP contribution >= 0.6 is 11.3 Å². The number of rotatable bonds is 5. The summed E-state index contributed by atoms with van der Waals surface area (Å²) in [7, 11) is -2.30. The van der Waals surface area contributed by atoms with E-state index in [2.05, 4.69) is 15.6 Å². The van der Waals surface area contributed by atoms with Crippen LogP contribution in [0, 0.1) is 12.7 Å². The van der Waals surface area contributed by atoms with Crippen molar-refractivity contribution in [2.24, 2.45) is 0 Å². The third-order valence-corrected chi connectivity index (χ3v) is 7.54. The molecule has 2 amide bonds. The fourth-order valence-electron chi connectivity index (χ4n) is 3.11. The van der Waals surface area contributed by atoms with Crippen LogP contribution in [0.3, 0.4) is 0 Å². The van der Waals surface area contributed by atoms with Gasteiger partial charge in [0.2, 0.25) is 0 Å². The van der Waals surface area contributed by atoms with E-state index in [4.69, 9.17) is 0 Å². The Kier molecular flexibility index (Phi) is 5.87. The van der Waals surface area contributed by atoms with Gasteiger partial charge in [-0.2, -0.15) is 0 Å². The number of amides is 2. The number of hydrogen-bond donors (Lipinski definition) is 3. The lowest BCUT2D eigenvalue weighted by molar-refractivity contribution is 0.256. The second-order valence-corrected chi connectivity index (χ2v) is 10.2. The number of nitrogens with one attached hydrogen (secondary N) is 3. The summed E-state index contributed by atoms with van der Waals surface area (Å²) in [5.41, 5.74) is 0.715. The molecular formula is C21H18FN5O4S2. The molecule has 33 heavy (non-hydrogen) atoms. The van der Waals surface area contributed by atoms with E-state index in [1.165, 1.54) is 24.5 Å². The lowest BCUT2D eigenvalue weighted by Gasteiger charge is -2.11. The van der Waals surface area contributed by atoms with Gasteiger partial charge in [0.05, 0.1) is 16.6 Å². The van der Waals surface area contributed by atoms with E-state index < -0.39 is 27.4 Å². The molecule has 0 saturated heterocycles. The van der Waals surface area contributed by atoms with Crippen LogP contribution in [0.1, 0.15) is 4.88 Å². The van der Waals surface area contributed by atoms with E-state index in [1.54, 1.807) is 38.2 Å². The first-order chi connectivity index (χ1) is 15.7. The van der Waals surface area contributed by atoms with E-state index in [0.29, 0.717) is 10.9 Å². The van der Waals surface area contributed by atoms with E-state index in [9.17, 15) is 22.4 Å². The number of aryl methyl sites for hydroxylation is 1. The zero-order valence-electron chi connectivity index (χ0n) is 17.4. The summed E-state index contributed by atoms with van der Waals surface area (Å²) in [5, 5.41) is 5.54. The van der Waals surface area contributed by atoms with Crippen molar-refractivity contribution in [2.45, 2.75) is 11.1 Å². The summed E-state index contributed by atoms with van der Waals surface area (Å²) in [6.07, 6.45) is 1.22. The number of aromatic nitrogens is 2. The van der Waals surface area contributed by atoms with Gasteiger partial charge in [-0.15, -0.1) is 11.3 Å². The number of carbonyl (C=O) groups excluding carboxylic acids is 1. The molecule has 2 heterocycles. The SMILES string of the molecule is CNc1ccc2c(=O)n(-c3ccc(NC(=O)NS(=O)(=O)c4ccc(C)s4)cc3F)cnc2c1. The van der Waals surface area contributed by atoms with Crippen LogP contribution in [-0.2, 0) is 10.0 Å². The summed E-state index contributed by atoms with van der Waals surface area (Å²) in [6, 6.07) is 10.6. The summed E-state index contributed by atoms with van der Waals surface area (Å²) in [4.78, 5) is 30.0. The highest BCUT2D eigenvalue weighted by atomic mass is 32.2. The monoisotopic (exact) mass is 487 g/mol. The number of sulfonamides is 1. The van der Waals surface area contributed by atoms with Crippen LogP contribution in [-0.4, -0.2) is 31.0 Å². The van der Waals surface area contributed by atoms with Gasteiger partial charge in [0.25, 0.3) is 15.6 Å². The van der Waals surface area contributed by atoms with Gasteiger partial charge in [-0.1, -0.05) is 0 Å². The molecule has 0 atom stereocenters. The van der Waals surface area contributed by atoms with Crippen LogP contribution in [0.5, 0.6) is 0 Å². The third kappa shape index (κ3) is 4.56. The van der Waals surface area contributed by atoms with Crippen molar-refractivity contribution in [3.8, 4) is 5.69 Å². The Hall–Kier alpha value is -3.77. The van der Waals surface area contributed by atoms with Crippen molar-refractivity contribution >= 4 is 49.7 Å². The largest absolute Gasteiger partial charge is 0.388 e. The first kappa shape index (κ1) is 22.4. The van der Waals surface area contributed by atoms with E-state index in [1.807, 2.05) is 4.72 Å². The maximum absolute atomic E-state index is 14.8. The minimum Gasteiger partial charge on any atom is -0.388 e. The molecule has 2 aromatic heterocycles. The maximum atomic E-state index is 14.8. The van der Waals surface area contributed by atoms with Gasteiger partial charge >= 0.3 is 6.03 Å². The number of thiophene rings is 1. The van der Waals surface area contributed by atoms with Gasteiger partial charge in [-0.3, -0.25) is 9.36 Å². The summed E-state index contributed by atoms with van der Waals surface area (Å²) in [6.45, 7) is 1.74. The minimum absolute atomic E-state index is 0.00627. The molecule has 0 aliphatic heterocycles. The lowest BCUT2D eigenvalue weighted by atomic mass is 10.2. The van der Waals surface area contributed by atoms with Gasteiger partial charge in [-0.05, 0) is 55.5 Å². The molecule has 4 aromatic rings. The topological polar surface area (TPSA) is 122 Å². The number of fused-ring (bicyclic) bond motifs is 1. The molecule has 170 valence electrons. The van der Waals surface area contributed by atoms with Gasteiger partial charge in [0.1, 0.15) is 16.4 Å². The molecule has 0 fully saturated rings. The molecule has 0 unspecified atom stereocenters. The second kappa shape index (κ2) is 8.64. The van der Waals surface area contributed by atoms with Crippen molar-refractivity contribution in [3.05, 3.63) is 75.9 Å². The smallest absolute Gasteiger partial charge is 0.333 e. The Bertz CT molecular complexity index is 1550. The Morgan fingerprint density at radius 2 is 1.85 bits per heavy atom. The standard InChI is InChI=1S/C21H18FN5O4S2/c1-12-3-8-19(32-12)33(30,31)26-21(29)25-14-5-7-18(16(22)9-14)27-11-24-17-10-13(23-2)4-6-15(17)20(27)28/h3-11,23H,1-2H3,(H2,25,26,29). The first-order valence-electron chi connectivity index (χ1n) is 9.57. The molecule has 4 rings (SSSR count). The number of hydrogen-bond acceptors (Lipinski definition) is 7. The number of carbonyl (C=O) groups is 1. The summed E-state index contributed by atoms with van der Waals surface area (Å²) in [5.74, 6) is -0.806. The normalized spacial score (nSPS) is 11.4. The van der Waals surface area contributed by atoms with Crippen molar-refractivity contribution in [3.63, 3.8) is 0 Å². The molecule has 3 N–H and O–H groups in total. The highest BCUT2D eigenvalue weighted by molar-refractivity contribution is 7.92. The highest BCUT2D eigenvalue weighted by Crippen LogP contribution is 2.21. The predicted octanol–water partition coefficient (Wildman–Crippen LogP) is 3.45. The molecule has 2 aromatic carbocycles. The van der Waals surface area contributed by atoms with Crippen LogP contribution in [0.25, 0.3) is 16.6 Å². The number of urea groups is 1. The van der Waals surface area contributed by atoms with Crippen LogP contribution < -0.4 is 20.9 Å². The number of benzene rings is 2. The number of halogens is 1. The van der Waals surface area contributed by atoms with Gasteiger partial charge in [-0.25, -0.2) is 27.3 Å². The molecule has 0 radical (unpaired) electrons. The van der Waals surface area contributed by atoms with Gasteiger partial charge in [0, 0.05) is 23.3 Å². The average molecular weight is 488 g/mol. The lowest BCUT2D eigenvalue weighted by Crippen LogP contribution is -2.34. The van der Waals surface area contributed by atoms with E-state index in [0.717, 1.165) is 32.5 Å². The fraction of sp³-hybridized carbons (Fsp3) is 0.0952. The van der Waals surface area contributed by atoms with Crippen molar-refractivity contribution in [2.75, 3.05) is 17.7 Å². The highest BCUT2D eigenvalue weighted by Gasteiger charge is 2.20. The fourth-order valence-corrected chi connectivity index (χ4v) is 5.30. The molecule has 0 saturated carbocycles. The minimum atomic E-state index is -4.05.